The van der Waals surface area contributed by atoms with Crippen LogP contribution in [0, 0.1) is 13.8 Å². The highest BCUT2D eigenvalue weighted by Gasteiger charge is 2.08. The van der Waals surface area contributed by atoms with Crippen molar-refractivity contribution in [2.75, 3.05) is 22.5 Å². The van der Waals surface area contributed by atoms with E-state index in [-0.39, 0.29) is 11.7 Å². The Morgan fingerprint density at radius 3 is 2.57 bits per heavy atom. The maximum absolute atomic E-state index is 12.0. The molecule has 1 amide bonds. The molecule has 1 aromatic heterocycles. The van der Waals surface area contributed by atoms with Gasteiger partial charge in [-0.2, -0.15) is 0 Å². The summed E-state index contributed by atoms with van der Waals surface area (Å²) in [6.45, 7) is 3.98. The van der Waals surface area contributed by atoms with Gasteiger partial charge >= 0.3 is 0 Å². The van der Waals surface area contributed by atoms with Gasteiger partial charge in [0.25, 0.3) is 0 Å². The smallest absolute Gasteiger partial charge is 0.234 e. The molecule has 0 saturated heterocycles. The molecule has 0 aliphatic carbocycles. The van der Waals surface area contributed by atoms with E-state index < -0.39 is 0 Å². The van der Waals surface area contributed by atoms with Gasteiger partial charge in [0.05, 0.1) is 5.75 Å². The number of benzene rings is 1. The minimum Gasteiger partial charge on any atom is -0.383 e. The number of thioether (sulfide) groups is 1. The molecular formula is C14H17N5OS. The number of nitrogens with one attached hydrogen (secondary N) is 1. The highest BCUT2D eigenvalue weighted by Crippen LogP contribution is 2.20. The van der Waals surface area contributed by atoms with Gasteiger partial charge in [-0.25, -0.2) is 9.97 Å². The van der Waals surface area contributed by atoms with E-state index in [1.165, 1.54) is 17.8 Å². The molecule has 1 heterocycles. The molecule has 0 atom stereocenters. The van der Waals surface area contributed by atoms with E-state index in [9.17, 15) is 4.79 Å². The largest absolute Gasteiger partial charge is 0.383 e. The van der Waals surface area contributed by atoms with Crippen LogP contribution in [0.4, 0.5) is 17.3 Å². The minimum absolute atomic E-state index is 0.127. The predicted molar refractivity (Wildman–Crippen MR) is 86.1 cm³/mol. The summed E-state index contributed by atoms with van der Waals surface area (Å²) in [4.78, 5) is 20.0. The average Bonchev–Trinajstić information content (AvgIpc) is 2.41. The molecule has 7 heteroatoms. The Morgan fingerprint density at radius 1 is 1.24 bits per heavy atom. The van der Waals surface area contributed by atoms with Crippen LogP contribution in [0.2, 0.25) is 0 Å². The molecule has 21 heavy (non-hydrogen) atoms. The first kappa shape index (κ1) is 15.1. The van der Waals surface area contributed by atoms with Crippen molar-refractivity contribution < 1.29 is 4.79 Å². The summed E-state index contributed by atoms with van der Waals surface area (Å²) in [5.74, 6) is 0.647. The number of aromatic nitrogens is 2. The summed E-state index contributed by atoms with van der Waals surface area (Å²) >= 11 is 1.19. The second kappa shape index (κ2) is 6.45. The van der Waals surface area contributed by atoms with Gasteiger partial charge in [0.1, 0.15) is 11.6 Å². The lowest BCUT2D eigenvalue weighted by atomic mass is 10.1. The number of nitrogen functional groups attached to an aromatic ring is 2. The summed E-state index contributed by atoms with van der Waals surface area (Å²) in [5, 5.41) is 3.26. The monoisotopic (exact) mass is 303 g/mol. The van der Waals surface area contributed by atoms with Crippen LogP contribution in [0.3, 0.4) is 0 Å². The Bertz CT molecular complexity index is 654. The Morgan fingerprint density at radius 2 is 1.90 bits per heavy atom. The molecule has 5 N–H and O–H groups in total. The average molecular weight is 303 g/mol. The number of aryl methyl sites for hydroxylation is 1. The van der Waals surface area contributed by atoms with Crippen LogP contribution in [0.1, 0.15) is 11.1 Å². The normalized spacial score (nSPS) is 10.4. The summed E-state index contributed by atoms with van der Waals surface area (Å²) in [7, 11) is 0. The number of anilines is 3. The van der Waals surface area contributed by atoms with Crippen LogP contribution in [0.25, 0.3) is 0 Å². The van der Waals surface area contributed by atoms with Crippen molar-refractivity contribution in [1.29, 1.82) is 0 Å². The Kier molecular flexibility index (Phi) is 4.64. The zero-order valence-corrected chi connectivity index (χ0v) is 12.7. The molecule has 0 radical (unpaired) electrons. The molecule has 0 aliphatic rings. The number of nitrogens with zero attached hydrogens (tertiary/aromatic N) is 2. The molecule has 0 saturated carbocycles. The van der Waals surface area contributed by atoms with Crippen LogP contribution >= 0.6 is 11.8 Å². The second-order valence-electron chi connectivity index (χ2n) is 4.58. The number of rotatable bonds is 4. The Labute approximate surface area is 127 Å². The van der Waals surface area contributed by atoms with E-state index in [0.717, 1.165) is 16.8 Å². The molecule has 1 aromatic carbocycles. The van der Waals surface area contributed by atoms with Gasteiger partial charge in [-0.15, -0.1) is 0 Å². The van der Waals surface area contributed by atoms with Crippen LogP contribution in [-0.4, -0.2) is 21.6 Å². The molecule has 0 unspecified atom stereocenters. The van der Waals surface area contributed by atoms with E-state index in [1.807, 2.05) is 32.0 Å². The van der Waals surface area contributed by atoms with Gasteiger partial charge in [0, 0.05) is 11.8 Å². The number of carbonyl (C=O) groups is 1. The van der Waals surface area contributed by atoms with Crippen LogP contribution < -0.4 is 16.8 Å². The van der Waals surface area contributed by atoms with E-state index in [4.69, 9.17) is 11.5 Å². The van der Waals surface area contributed by atoms with Gasteiger partial charge in [-0.3, -0.25) is 4.79 Å². The lowest BCUT2D eigenvalue weighted by Gasteiger charge is -2.10. The molecule has 2 rings (SSSR count). The third kappa shape index (κ3) is 4.09. The number of amides is 1. The van der Waals surface area contributed by atoms with Crippen molar-refractivity contribution >= 4 is 35.0 Å². The lowest BCUT2D eigenvalue weighted by Crippen LogP contribution is -2.15. The quantitative estimate of drug-likeness (QED) is 0.589. The number of hydrogen-bond acceptors (Lipinski definition) is 6. The lowest BCUT2D eigenvalue weighted by molar-refractivity contribution is -0.113. The van der Waals surface area contributed by atoms with Crippen molar-refractivity contribution in [3.63, 3.8) is 0 Å². The van der Waals surface area contributed by atoms with Gasteiger partial charge in [-0.1, -0.05) is 23.9 Å². The van der Waals surface area contributed by atoms with Crippen molar-refractivity contribution in [3.05, 3.63) is 35.4 Å². The standard InChI is InChI=1S/C14H17N5OS/c1-8-4-3-5-10(9(8)2)17-13(20)7-21-14-18-11(15)6-12(16)19-14/h3-6H,7H2,1-2H3,(H,17,20)(H4,15,16,18,19). The molecule has 0 fully saturated rings. The minimum atomic E-state index is -0.127. The van der Waals surface area contributed by atoms with Crippen molar-refractivity contribution in [3.8, 4) is 0 Å². The third-order valence-corrected chi connectivity index (χ3v) is 3.80. The zero-order valence-electron chi connectivity index (χ0n) is 11.9. The van der Waals surface area contributed by atoms with E-state index >= 15 is 0 Å². The van der Waals surface area contributed by atoms with Crippen LogP contribution in [0.5, 0.6) is 0 Å². The third-order valence-electron chi connectivity index (χ3n) is 2.96. The maximum Gasteiger partial charge on any atom is 0.234 e. The summed E-state index contributed by atoms with van der Waals surface area (Å²) in [6.07, 6.45) is 0. The Balaban J connectivity index is 1.97. The molecule has 6 nitrogen and oxygen atoms in total. The van der Waals surface area contributed by atoms with Gasteiger partial charge in [0.2, 0.25) is 5.91 Å². The Hall–Kier alpha value is -2.28. The summed E-state index contributed by atoms with van der Waals surface area (Å²) < 4.78 is 0. The first-order valence-electron chi connectivity index (χ1n) is 6.34. The second-order valence-corrected chi connectivity index (χ2v) is 5.53. The van der Waals surface area contributed by atoms with Crippen molar-refractivity contribution in [1.82, 2.24) is 9.97 Å². The van der Waals surface area contributed by atoms with Crippen molar-refractivity contribution in [2.45, 2.75) is 19.0 Å². The fraction of sp³-hybridized carbons (Fsp3) is 0.214. The first-order valence-corrected chi connectivity index (χ1v) is 7.33. The van der Waals surface area contributed by atoms with Gasteiger partial charge in [-0.05, 0) is 31.0 Å². The van der Waals surface area contributed by atoms with Crippen LogP contribution in [0.15, 0.2) is 29.4 Å². The van der Waals surface area contributed by atoms with Gasteiger partial charge in [0.15, 0.2) is 5.16 Å². The fourth-order valence-electron chi connectivity index (χ4n) is 1.73. The molecule has 110 valence electrons. The van der Waals surface area contributed by atoms with Gasteiger partial charge < -0.3 is 16.8 Å². The maximum atomic E-state index is 12.0. The zero-order chi connectivity index (χ0) is 15.4. The van der Waals surface area contributed by atoms with Crippen LogP contribution in [-0.2, 0) is 4.79 Å². The summed E-state index contributed by atoms with van der Waals surface area (Å²) in [6, 6.07) is 7.26. The first-order chi connectivity index (χ1) is 9.95. The number of nitrogens with two attached hydrogens (primary N) is 2. The van der Waals surface area contributed by atoms with E-state index in [1.54, 1.807) is 0 Å². The van der Waals surface area contributed by atoms with E-state index in [0.29, 0.717) is 16.8 Å². The topological polar surface area (TPSA) is 107 Å². The highest BCUT2D eigenvalue weighted by molar-refractivity contribution is 7.99. The number of carbonyl (C=O) groups excluding carboxylic acids is 1. The SMILES string of the molecule is Cc1cccc(NC(=O)CSc2nc(N)cc(N)n2)c1C. The van der Waals surface area contributed by atoms with E-state index in [2.05, 4.69) is 15.3 Å². The molecule has 0 aliphatic heterocycles. The molecular weight excluding hydrogens is 286 g/mol. The predicted octanol–water partition coefficient (Wildman–Crippen LogP) is 1.99. The number of hydrogen-bond donors (Lipinski definition) is 3. The fourth-order valence-corrected chi connectivity index (χ4v) is 2.40. The van der Waals surface area contributed by atoms with Crippen molar-refractivity contribution in [2.24, 2.45) is 0 Å². The summed E-state index contributed by atoms with van der Waals surface area (Å²) in [5.41, 5.74) is 14.2. The molecule has 0 spiro atoms. The highest BCUT2D eigenvalue weighted by atomic mass is 32.2. The molecule has 2 aromatic rings. The molecule has 0 bridgehead atoms.